The Balaban J connectivity index is 2.03. The first-order valence-electron chi connectivity index (χ1n) is 6.00. The summed E-state index contributed by atoms with van der Waals surface area (Å²) in [5.74, 6) is 0.926. The fourth-order valence-electron chi connectivity index (χ4n) is 2.50. The van der Waals surface area contributed by atoms with Crippen LogP contribution in [0, 0.1) is 3.57 Å². The van der Waals surface area contributed by atoms with Gasteiger partial charge in [-0.15, -0.1) is 10.2 Å². The maximum absolute atomic E-state index is 4.54. The molecule has 0 aromatic carbocycles. The van der Waals surface area contributed by atoms with E-state index in [4.69, 9.17) is 0 Å². The number of halogens is 1. The van der Waals surface area contributed by atoms with Crippen molar-refractivity contribution in [3.8, 4) is 0 Å². The van der Waals surface area contributed by atoms with Gasteiger partial charge in [0.15, 0.2) is 5.65 Å². The molecule has 6 nitrogen and oxygen atoms in total. The molecule has 0 aliphatic carbocycles. The number of hydrogen-bond acceptors (Lipinski definition) is 5. The van der Waals surface area contributed by atoms with Gasteiger partial charge in [-0.2, -0.15) is 0 Å². The van der Waals surface area contributed by atoms with E-state index in [1.807, 2.05) is 10.6 Å². The average molecular weight is 358 g/mol. The van der Waals surface area contributed by atoms with Gasteiger partial charge in [0.05, 0.1) is 3.57 Å². The van der Waals surface area contributed by atoms with E-state index in [2.05, 4.69) is 61.8 Å². The first kappa shape index (κ1) is 12.1. The molecule has 2 aromatic heterocycles. The maximum atomic E-state index is 4.54. The fourth-order valence-corrected chi connectivity index (χ4v) is 3.01. The van der Waals surface area contributed by atoms with E-state index in [0.717, 1.165) is 28.3 Å². The van der Waals surface area contributed by atoms with Gasteiger partial charge in [-0.25, -0.2) is 4.98 Å². The van der Waals surface area contributed by atoms with Crippen molar-refractivity contribution in [2.75, 3.05) is 18.0 Å². The normalized spacial score (nSPS) is 24.7. The summed E-state index contributed by atoms with van der Waals surface area (Å²) in [7, 11) is 0. The molecular weight excluding hydrogens is 343 g/mol. The van der Waals surface area contributed by atoms with Crippen molar-refractivity contribution in [1.29, 1.82) is 0 Å². The minimum Gasteiger partial charge on any atom is -0.339 e. The van der Waals surface area contributed by atoms with Gasteiger partial charge < -0.3 is 10.2 Å². The van der Waals surface area contributed by atoms with E-state index >= 15 is 0 Å². The van der Waals surface area contributed by atoms with Crippen LogP contribution >= 0.6 is 22.6 Å². The number of hydrogen-bond donors (Lipinski definition) is 1. The molecule has 2 aromatic rings. The summed E-state index contributed by atoms with van der Waals surface area (Å²) >= 11 is 2.23. The Morgan fingerprint density at radius 3 is 2.78 bits per heavy atom. The highest BCUT2D eigenvalue weighted by Crippen LogP contribution is 2.19. The van der Waals surface area contributed by atoms with Crippen LogP contribution in [0.5, 0.6) is 0 Å². The highest BCUT2D eigenvalue weighted by atomic mass is 127. The molecule has 3 rings (SSSR count). The fraction of sp³-hybridized carbons (Fsp3) is 0.545. The lowest BCUT2D eigenvalue weighted by Gasteiger charge is -2.36. The van der Waals surface area contributed by atoms with E-state index in [0.29, 0.717) is 12.1 Å². The third-order valence-electron chi connectivity index (χ3n) is 3.11. The molecule has 18 heavy (non-hydrogen) atoms. The molecule has 1 aliphatic rings. The van der Waals surface area contributed by atoms with Gasteiger partial charge in [-0.3, -0.25) is 4.40 Å². The van der Waals surface area contributed by atoms with Crippen molar-refractivity contribution in [2.45, 2.75) is 25.9 Å². The van der Waals surface area contributed by atoms with Crippen molar-refractivity contribution in [1.82, 2.24) is 24.9 Å². The van der Waals surface area contributed by atoms with Crippen molar-refractivity contribution < 1.29 is 0 Å². The van der Waals surface area contributed by atoms with Crippen LogP contribution in [0.25, 0.3) is 5.65 Å². The maximum Gasteiger partial charge on any atom is 0.212 e. The molecule has 1 aliphatic heterocycles. The van der Waals surface area contributed by atoms with E-state index in [1.165, 1.54) is 0 Å². The molecule has 1 fully saturated rings. The monoisotopic (exact) mass is 358 g/mol. The molecule has 0 radical (unpaired) electrons. The molecule has 7 heteroatoms. The third-order valence-corrected chi connectivity index (χ3v) is 3.87. The minimum absolute atomic E-state index is 0.460. The summed E-state index contributed by atoms with van der Waals surface area (Å²) in [6, 6.07) is 0.919. The van der Waals surface area contributed by atoms with E-state index in [1.54, 1.807) is 6.33 Å². The first-order valence-corrected chi connectivity index (χ1v) is 7.08. The number of piperazine rings is 1. The van der Waals surface area contributed by atoms with Crippen LogP contribution in [-0.2, 0) is 0 Å². The molecular formula is C11H15IN6. The van der Waals surface area contributed by atoms with Crippen LogP contribution in [0.1, 0.15) is 13.8 Å². The molecule has 2 atom stereocenters. The van der Waals surface area contributed by atoms with Gasteiger partial charge in [0.1, 0.15) is 6.33 Å². The van der Waals surface area contributed by atoms with Gasteiger partial charge in [0.25, 0.3) is 0 Å². The second-order valence-electron chi connectivity index (χ2n) is 4.80. The van der Waals surface area contributed by atoms with Crippen molar-refractivity contribution in [2.24, 2.45) is 0 Å². The quantitative estimate of drug-likeness (QED) is 0.769. The predicted molar refractivity (Wildman–Crippen MR) is 77.8 cm³/mol. The minimum atomic E-state index is 0.460. The Hall–Kier alpha value is -0.960. The van der Waals surface area contributed by atoms with E-state index in [9.17, 15) is 0 Å². The predicted octanol–water partition coefficient (Wildman–Crippen LogP) is 0.915. The summed E-state index contributed by atoms with van der Waals surface area (Å²) in [5.41, 5.74) is 0.874. The van der Waals surface area contributed by atoms with Crippen molar-refractivity contribution in [3.05, 3.63) is 16.1 Å². The Kier molecular flexibility index (Phi) is 3.10. The SMILES string of the molecule is CC1CN(c2ncc(I)c3nncn23)CC(C)N1. The lowest BCUT2D eigenvalue weighted by Crippen LogP contribution is -2.55. The lowest BCUT2D eigenvalue weighted by atomic mass is 10.1. The van der Waals surface area contributed by atoms with Gasteiger partial charge in [0, 0.05) is 31.4 Å². The zero-order valence-electron chi connectivity index (χ0n) is 10.3. The van der Waals surface area contributed by atoms with E-state index in [-0.39, 0.29) is 0 Å². The zero-order chi connectivity index (χ0) is 12.7. The van der Waals surface area contributed by atoms with Crippen LogP contribution in [0.2, 0.25) is 0 Å². The molecule has 1 saturated heterocycles. The first-order chi connectivity index (χ1) is 8.65. The molecule has 1 N–H and O–H groups in total. The topological polar surface area (TPSA) is 58.4 Å². The average Bonchev–Trinajstić information content (AvgIpc) is 2.77. The van der Waals surface area contributed by atoms with Crippen molar-refractivity contribution in [3.63, 3.8) is 0 Å². The largest absolute Gasteiger partial charge is 0.339 e. The smallest absolute Gasteiger partial charge is 0.212 e. The highest BCUT2D eigenvalue weighted by Gasteiger charge is 2.24. The number of aromatic nitrogens is 4. The van der Waals surface area contributed by atoms with Crippen LogP contribution in [0.4, 0.5) is 5.95 Å². The third kappa shape index (κ3) is 2.05. The van der Waals surface area contributed by atoms with Crippen LogP contribution in [0.15, 0.2) is 12.5 Å². The van der Waals surface area contributed by atoms with Gasteiger partial charge in [0.2, 0.25) is 5.95 Å². The Morgan fingerprint density at radius 2 is 2.06 bits per heavy atom. The summed E-state index contributed by atoms with van der Waals surface area (Å²) in [6.07, 6.45) is 3.59. The van der Waals surface area contributed by atoms with Crippen LogP contribution in [-0.4, -0.2) is 44.8 Å². The number of rotatable bonds is 1. The number of anilines is 1. The van der Waals surface area contributed by atoms with Gasteiger partial charge in [-0.05, 0) is 36.4 Å². The molecule has 3 heterocycles. The molecule has 0 spiro atoms. The second kappa shape index (κ2) is 4.61. The molecule has 2 unspecified atom stereocenters. The van der Waals surface area contributed by atoms with Crippen LogP contribution < -0.4 is 10.2 Å². The lowest BCUT2D eigenvalue weighted by molar-refractivity contribution is 0.402. The highest BCUT2D eigenvalue weighted by molar-refractivity contribution is 14.1. The number of nitrogens with one attached hydrogen (secondary N) is 1. The summed E-state index contributed by atoms with van der Waals surface area (Å²) in [4.78, 5) is 6.83. The standard InChI is InChI=1S/C11H15IN6/c1-7-4-17(5-8(2)15-7)11-13-3-9(12)10-16-14-6-18(10)11/h3,6-8,15H,4-5H2,1-2H3. The molecule has 0 amide bonds. The number of fused-ring (bicyclic) bond motifs is 1. The zero-order valence-corrected chi connectivity index (χ0v) is 12.5. The summed E-state index contributed by atoms with van der Waals surface area (Å²) < 4.78 is 2.98. The molecule has 0 bridgehead atoms. The summed E-state index contributed by atoms with van der Waals surface area (Å²) in [5, 5.41) is 11.6. The molecule has 0 saturated carbocycles. The van der Waals surface area contributed by atoms with Gasteiger partial charge in [-0.1, -0.05) is 0 Å². The second-order valence-corrected chi connectivity index (χ2v) is 5.97. The Bertz CT molecular complexity index is 558. The summed E-state index contributed by atoms with van der Waals surface area (Å²) in [6.45, 7) is 6.29. The van der Waals surface area contributed by atoms with Crippen LogP contribution in [0.3, 0.4) is 0 Å². The van der Waals surface area contributed by atoms with E-state index < -0.39 is 0 Å². The van der Waals surface area contributed by atoms with Gasteiger partial charge >= 0.3 is 0 Å². The Labute approximate surface area is 119 Å². The number of nitrogens with zero attached hydrogens (tertiary/aromatic N) is 5. The Morgan fingerprint density at radius 1 is 1.33 bits per heavy atom. The molecule has 96 valence electrons. The van der Waals surface area contributed by atoms with Crippen molar-refractivity contribution >= 4 is 34.2 Å².